The average Bonchev–Trinajstić information content (AvgIpc) is 3.20. The van der Waals surface area contributed by atoms with Crippen LogP contribution in [0.25, 0.3) is 5.69 Å². The Morgan fingerprint density at radius 1 is 1.16 bits per heavy atom. The van der Waals surface area contributed by atoms with E-state index < -0.39 is 0 Å². The molecule has 1 aromatic carbocycles. The van der Waals surface area contributed by atoms with E-state index in [2.05, 4.69) is 45.2 Å². The molecule has 0 saturated carbocycles. The summed E-state index contributed by atoms with van der Waals surface area (Å²) in [6, 6.07) is 12.7. The van der Waals surface area contributed by atoms with Crippen LogP contribution in [0.2, 0.25) is 0 Å². The summed E-state index contributed by atoms with van der Waals surface area (Å²) >= 11 is 0. The summed E-state index contributed by atoms with van der Waals surface area (Å²) in [7, 11) is 0. The molecule has 0 spiro atoms. The highest BCUT2D eigenvalue weighted by Gasteiger charge is 2.13. The van der Waals surface area contributed by atoms with Crippen LogP contribution in [0.4, 0.5) is 0 Å². The molecule has 6 heteroatoms. The summed E-state index contributed by atoms with van der Waals surface area (Å²) in [4.78, 5) is 4.80. The zero-order valence-electron chi connectivity index (χ0n) is 14.5. The van der Waals surface area contributed by atoms with Gasteiger partial charge in [-0.3, -0.25) is 9.80 Å². The van der Waals surface area contributed by atoms with Gasteiger partial charge in [-0.1, -0.05) is 12.1 Å². The molecular formula is C19H25N5O. The lowest BCUT2D eigenvalue weighted by Crippen LogP contribution is -2.41. The Hall–Kier alpha value is -2.20. The third kappa shape index (κ3) is 5.40. The van der Waals surface area contributed by atoms with E-state index in [0.717, 1.165) is 58.2 Å². The van der Waals surface area contributed by atoms with Gasteiger partial charge in [0.25, 0.3) is 0 Å². The Bertz CT molecular complexity index is 656. The fraction of sp³-hybridized carbons (Fsp3) is 0.474. The van der Waals surface area contributed by atoms with Crippen molar-refractivity contribution in [2.24, 2.45) is 0 Å². The second kappa shape index (κ2) is 9.33. The van der Waals surface area contributed by atoms with Gasteiger partial charge < -0.3 is 4.74 Å². The van der Waals surface area contributed by atoms with E-state index in [0.29, 0.717) is 6.42 Å². The van der Waals surface area contributed by atoms with Gasteiger partial charge in [0.1, 0.15) is 0 Å². The van der Waals surface area contributed by atoms with Gasteiger partial charge in [0.2, 0.25) is 0 Å². The van der Waals surface area contributed by atoms with E-state index in [1.165, 1.54) is 5.56 Å². The van der Waals surface area contributed by atoms with Gasteiger partial charge in [-0.25, -0.2) is 4.68 Å². The summed E-state index contributed by atoms with van der Waals surface area (Å²) in [6.07, 6.45) is 4.29. The number of morpholine rings is 1. The Morgan fingerprint density at radius 2 is 1.96 bits per heavy atom. The molecule has 2 aromatic rings. The number of nitriles is 1. The molecule has 0 bridgehead atoms. The second-order valence-electron chi connectivity index (χ2n) is 6.26. The maximum atomic E-state index is 8.93. The highest BCUT2D eigenvalue weighted by molar-refractivity contribution is 5.33. The molecular weight excluding hydrogens is 314 g/mol. The number of aromatic nitrogens is 2. The SMILES string of the molecule is N#CCCN(CCN1CCOCC1)Cc1ccc(-n2cccn2)cc1. The Balaban J connectivity index is 1.56. The molecule has 3 rings (SSSR count). The van der Waals surface area contributed by atoms with Crippen LogP contribution in [-0.4, -0.2) is 65.5 Å². The molecule has 132 valence electrons. The summed E-state index contributed by atoms with van der Waals surface area (Å²) < 4.78 is 7.26. The van der Waals surface area contributed by atoms with Crippen LogP contribution in [0.3, 0.4) is 0 Å². The zero-order valence-corrected chi connectivity index (χ0v) is 14.5. The van der Waals surface area contributed by atoms with Crippen LogP contribution < -0.4 is 0 Å². The molecule has 25 heavy (non-hydrogen) atoms. The van der Waals surface area contributed by atoms with Gasteiger partial charge in [0, 0.05) is 58.1 Å². The van der Waals surface area contributed by atoms with Crippen molar-refractivity contribution in [3.63, 3.8) is 0 Å². The number of hydrogen-bond acceptors (Lipinski definition) is 5. The molecule has 2 heterocycles. The van der Waals surface area contributed by atoms with Crippen molar-refractivity contribution in [1.82, 2.24) is 19.6 Å². The Morgan fingerprint density at radius 3 is 2.64 bits per heavy atom. The fourth-order valence-electron chi connectivity index (χ4n) is 3.02. The van der Waals surface area contributed by atoms with Crippen LogP contribution in [0.15, 0.2) is 42.7 Å². The molecule has 1 aromatic heterocycles. The molecule has 1 fully saturated rings. The van der Waals surface area contributed by atoms with Gasteiger partial charge in [0.15, 0.2) is 0 Å². The smallest absolute Gasteiger partial charge is 0.0645 e. The number of rotatable bonds is 8. The van der Waals surface area contributed by atoms with E-state index in [1.807, 2.05) is 16.9 Å². The first kappa shape index (κ1) is 17.6. The lowest BCUT2D eigenvalue weighted by molar-refractivity contribution is 0.0330. The minimum absolute atomic E-state index is 0.564. The highest BCUT2D eigenvalue weighted by Crippen LogP contribution is 2.11. The quantitative estimate of drug-likeness (QED) is 0.735. The lowest BCUT2D eigenvalue weighted by atomic mass is 10.2. The van der Waals surface area contributed by atoms with Crippen LogP contribution in [-0.2, 0) is 11.3 Å². The maximum Gasteiger partial charge on any atom is 0.0645 e. The zero-order chi connectivity index (χ0) is 17.3. The second-order valence-corrected chi connectivity index (χ2v) is 6.26. The molecule has 0 unspecified atom stereocenters. The van der Waals surface area contributed by atoms with Gasteiger partial charge in [0.05, 0.1) is 25.0 Å². The van der Waals surface area contributed by atoms with E-state index in [-0.39, 0.29) is 0 Å². The molecule has 0 aliphatic carbocycles. The van der Waals surface area contributed by atoms with Crippen LogP contribution in [0.1, 0.15) is 12.0 Å². The van der Waals surface area contributed by atoms with Gasteiger partial charge in [-0.15, -0.1) is 0 Å². The minimum atomic E-state index is 0.564. The monoisotopic (exact) mass is 339 g/mol. The molecule has 0 amide bonds. The number of nitrogens with zero attached hydrogens (tertiary/aromatic N) is 5. The van der Waals surface area contributed by atoms with Crippen molar-refractivity contribution in [2.75, 3.05) is 45.9 Å². The average molecular weight is 339 g/mol. The van der Waals surface area contributed by atoms with E-state index in [9.17, 15) is 0 Å². The summed E-state index contributed by atoms with van der Waals surface area (Å²) in [6.45, 7) is 7.34. The summed E-state index contributed by atoms with van der Waals surface area (Å²) in [5.41, 5.74) is 2.32. The Labute approximate surface area is 149 Å². The number of hydrogen-bond donors (Lipinski definition) is 0. The molecule has 0 N–H and O–H groups in total. The van der Waals surface area contributed by atoms with Crippen molar-refractivity contribution in [2.45, 2.75) is 13.0 Å². The van der Waals surface area contributed by atoms with Crippen LogP contribution in [0, 0.1) is 11.3 Å². The normalized spacial score (nSPS) is 15.4. The highest BCUT2D eigenvalue weighted by atomic mass is 16.5. The van der Waals surface area contributed by atoms with Crippen molar-refractivity contribution >= 4 is 0 Å². The van der Waals surface area contributed by atoms with E-state index in [4.69, 9.17) is 10.00 Å². The minimum Gasteiger partial charge on any atom is -0.379 e. The van der Waals surface area contributed by atoms with E-state index in [1.54, 1.807) is 6.20 Å². The molecule has 1 aliphatic heterocycles. The lowest BCUT2D eigenvalue weighted by Gasteiger charge is -2.29. The van der Waals surface area contributed by atoms with Crippen molar-refractivity contribution in [3.05, 3.63) is 48.3 Å². The van der Waals surface area contributed by atoms with Gasteiger partial charge >= 0.3 is 0 Å². The van der Waals surface area contributed by atoms with Gasteiger partial charge in [-0.05, 0) is 23.8 Å². The third-order valence-corrected chi connectivity index (χ3v) is 4.49. The van der Waals surface area contributed by atoms with Crippen molar-refractivity contribution in [1.29, 1.82) is 5.26 Å². The first-order valence-corrected chi connectivity index (χ1v) is 8.83. The van der Waals surface area contributed by atoms with Gasteiger partial charge in [-0.2, -0.15) is 10.4 Å². The first-order valence-electron chi connectivity index (χ1n) is 8.83. The maximum absolute atomic E-state index is 8.93. The van der Waals surface area contributed by atoms with Crippen molar-refractivity contribution < 1.29 is 4.74 Å². The summed E-state index contributed by atoms with van der Waals surface area (Å²) in [5, 5.41) is 13.2. The standard InChI is InChI=1S/C19H25N5O/c20-7-1-9-23(12-11-22-13-15-25-16-14-22)17-18-3-5-19(6-4-18)24-10-2-8-21-24/h2-6,8,10H,1,9,11-17H2. The topological polar surface area (TPSA) is 57.3 Å². The molecule has 1 saturated heterocycles. The first-order chi connectivity index (χ1) is 12.3. The molecule has 0 atom stereocenters. The predicted molar refractivity (Wildman–Crippen MR) is 96.3 cm³/mol. The largest absolute Gasteiger partial charge is 0.379 e. The molecule has 6 nitrogen and oxygen atoms in total. The fourth-order valence-corrected chi connectivity index (χ4v) is 3.02. The predicted octanol–water partition coefficient (Wildman–Crippen LogP) is 1.92. The Kier molecular flexibility index (Phi) is 6.57. The van der Waals surface area contributed by atoms with E-state index >= 15 is 0 Å². The van der Waals surface area contributed by atoms with Crippen LogP contribution in [0.5, 0.6) is 0 Å². The van der Waals surface area contributed by atoms with Crippen molar-refractivity contribution in [3.8, 4) is 11.8 Å². The summed E-state index contributed by atoms with van der Waals surface area (Å²) in [5.74, 6) is 0. The van der Waals surface area contributed by atoms with Crippen LogP contribution >= 0.6 is 0 Å². The third-order valence-electron chi connectivity index (χ3n) is 4.49. The molecule has 0 radical (unpaired) electrons. The number of ether oxygens (including phenoxy) is 1. The molecule has 1 aliphatic rings. The number of benzene rings is 1.